The van der Waals surface area contributed by atoms with Crippen LogP contribution in [0.1, 0.15) is 59.4 Å². The molecule has 1 aromatic heterocycles. The van der Waals surface area contributed by atoms with Crippen LogP contribution in [0.15, 0.2) is 104 Å². The summed E-state index contributed by atoms with van der Waals surface area (Å²) in [5.74, 6) is 1.84. The highest BCUT2D eigenvalue weighted by Crippen LogP contribution is 2.58. The number of ketones is 1. The number of nitrogens with zero attached hydrogens (tertiary/aromatic N) is 7. The smallest absolute Gasteiger partial charge is 0.304 e. The molecule has 4 aromatic carbocycles. The van der Waals surface area contributed by atoms with Crippen LogP contribution in [0.2, 0.25) is 10.0 Å². The van der Waals surface area contributed by atoms with Crippen molar-refractivity contribution in [2.75, 3.05) is 52.6 Å². The third-order valence-corrected chi connectivity index (χ3v) is 15.4. The van der Waals surface area contributed by atoms with Gasteiger partial charge in [0.05, 0.1) is 43.5 Å². The van der Waals surface area contributed by atoms with Crippen molar-refractivity contribution in [3.8, 4) is 5.69 Å². The van der Waals surface area contributed by atoms with Crippen molar-refractivity contribution in [1.82, 2.24) is 24.1 Å². The highest BCUT2D eigenvalue weighted by Gasteiger charge is 2.37. The maximum Gasteiger partial charge on any atom is 0.304 e. The van der Waals surface area contributed by atoms with Gasteiger partial charge in [0.2, 0.25) is 0 Å². The molecule has 2 saturated heterocycles. The number of rotatable bonds is 4. The van der Waals surface area contributed by atoms with E-state index in [4.69, 9.17) is 48.9 Å². The van der Waals surface area contributed by atoms with Crippen LogP contribution in [0.4, 0.5) is 0 Å². The van der Waals surface area contributed by atoms with Crippen LogP contribution in [-0.4, -0.2) is 100.0 Å². The Morgan fingerprint density at radius 2 is 1.17 bits per heavy atom. The Morgan fingerprint density at radius 1 is 0.683 bits per heavy atom. The molecule has 2 atom stereocenters. The van der Waals surface area contributed by atoms with E-state index in [1.807, 2.05) is 103 Å². The van der Waals surface area contributed by atoms with Gasteiger partial charge in [-0.05, 0) is 92.2 Å². The van der Waals surface area contributed by atoms with E-state index in [-0.39, 0.29) is 17.9 Å². The van der Waals surface area contributed by atoms with Crippen LogP contribution >= 0.6 is 73.1 Å². The first-order chi connectivity index (χ1) is 28.8. The molecule has 0 spiro atoms. The average Bonchev–Trinajstić information content (AvgIpc) is 3.53. The summed E-state index contributed by atoms with van der Waals surface area (Å²) in [6.45, 7) is 8.03. The van der Waals surface area contributed by atoms with E-state index in [0.29, 0.717) is 69.1 Å². The van der Waals surface area contributed by atoms with Gasteiger partial charge in [-0.2, -0.15) is 0 Å². The Hall–Kier alpha value is -3.07. The maximum absolute atomic E-state index is 12.4. The molecular formula is C43H43Br2Cl3N7O4P. The molecule has 0 radical (unpaired) electrons. The number of benzene rings is 4. The van der Waals surface area contributed by atoms with Crippen molar-refractivity contribution < 1.29 is 18.8 Å². The first-order valence-corrected chi connectivity index (χ1v) is 24.3. The second-order valence-corrected chi connectivity index (χ2v) is 20.6. The predicted molar refractivity (Wildman–Crippen MR) is 247 cm³/mol. The van der Waals surface area contributed by atoms with Crippen molar-refractivity contribution in [2.24, 2.45) is 9.98 Å². The van der Waals surface area contributed by atoms with Gasteiger partial charge in [-0.3, -0.25) is 23.9 Å². The molecule has 0 aliphatic carbocycles. The summed E-state index contributed by atoms with van der Waals surface area (Å²) >= 11 is 25.3. The molecule has 5 aromatic rings. The number of carbonyl (C=O) groups excluding carboxylic acids is 1. The van der Waals surface area contributed by atoms with Gasteiger partial charge >= 0.3 is 6.80 Å². The molecule has 5 heterocycles. The normalized spacial score (nSPS) is 19.4. The lowest BCUT2D eigenvalue weighted by atomic mass is 9.96. The van der Waals surface area contributed by atoms with Gasteiger partial charge in [-0.25, -0.2) is 9.34 Å². The quantitative estimate of drug-likeness (QED) is 0.164. The van der Waals surface area contributed by atoms with Crippen molar-refractivity contribution >= 4 is 90.3 Å². The second-order valence-electron chi connectivity index (χ2n) is 14.5. The molecule has 0 unspecified atom stereocenters. The van der Waals surface area contributed by atoms with Crippen molar-refractivity contribution in [2.45, 2.75) is 39.3 Å². The monoisotopic (exact) mass is 1020 g/mol. The highest BCUT2D eigenvalue weighted by molar-refractivity contribution is 9.10. The Balaban J connectivity index is 0.000000140. The van der Waals surface area contributed by atoms with Crippen LogP contribution in [0.3, 0.4) is 0 Å². The summed E-state index contributed by atoms with van der Waals surface area (Å²) in [6, 6.07) is 27.1. The minimum atomic E-state index is -2.86. The molecule has 60 heavy (non-hydrogen) atoms. The molecule has 4 aliphatic rings. The standard InChI is InChI=1S/C18H14BrClN4.C17H13BrClNO.C8H16ClN2O3P/c1-10-18-23-22-11(2)24(18)16-8-5-13(19)9-15(16)17(21-10)12-3-6-14(20)7-4-12;1-10-16(21)8-12-2-5-13(18)9-15(12)17(20-10)11-3-6-14(19)7-4-11;9-15(12,10-1-5-13-6-2-10)11-3-7-14-8-4-11/h3-10H,1-2H3;2-7,9-10H,8H2,1H3;1-8H2/t2*10-;/m00./s1. The third kappa shape index (κ3) is 10.4. The van der Waals surface area contributed by atoms with Gasteiger partial charge < -0.3 is 9.47 Å². The number of aromatic nitrogens is 3. The van der Waals surface area contributed by atoms with E-state index in [2.05, 4.69) is 63.7 Å². The summed E-state index contributed by atoms with van der Waals surface area (Å²) in [7, 11) is 0. The lowest BCUT2D eigenvalue weighted by Crippen LogP contribution is -2.41. The topological polar surface area (TPSA) is 115 Å². The number of aryl methyl sites for hydroxylation is 1. The Kier molecular flexibility index (Phi) is 15.0. The number of hydrogen-bond donors (Lipinski definition) is 0. The number of Topliss-reactive ketones (excluding diaryl/α,β-unsaturated/α-hetero) is 1. The molecule has 314 valence electrons. The van der Waals surface area contributed by atoms with E-state index in [1.54, 1.807) is 0 Å². The maximum atomic E-state index is 12.4. The zero-order valence-electron chi connectivity index (χ0n) is 33.2. The lowest BCUT2D eigenvalue weighted by molar-refractivity contribution is -0.119. The molecule has 0 N–H and O–H groups in total. The summed E-state index contributed by atoms with van der Waals surface area (Å²) in [6.07, 6.45) is 0.421. The van der Waals surface area contributed by atoms with Gasteiger partial charge in [0, 0.05) is 73.8 Å². The highest BCUT2D eigenvalue weighted by atomic mass is 79.9. The van der Waals surface area contributed by atoms with Crippen LogP contribution < -0.4 is 0 Å². The van der Waals surface area contributed by atoms with Crippen molar-refractivity contribution in [1.29, 1.82) is 0 Å². The number of fused-ring (bicyclic) bond motifs is 4. The molecule has 0 bridgehead atoms. The van der Waals surface area contributed by atoms with Crippen LogP contribution in [0.5, 0.6) is 0 Å². The second kappa shape index (κ2) is 20.0. The molecule has 0 saturated carbocycles. The van der Waals surface area contributed by atoms with Gasteiger partial charge in [0.15, 0.2) is 11.6 Å². The van der Waals surface area contributed by atoms with E-state index in [9.17, 15) is 9.36 Å². The number of carbonyl (C=O) groups is 1. The molecule has 11 nitrogen and oxygen atoms in total. The van der Waals surface area contributed by atoms with E-state index >= 15 is 0 Å². The van der Waals surface area contributed by atoms with Crippen LogP contribution in [0.25, 0.3) is 5.69 Å². The fourth-order valence-electron chi connectivity index (χ4n) is 7.21. The van der Waals surface area contributed by atoms with Gasteiger partial charge in [-0.1, -0.05) is 85.4 Å². The fourth-order valence-corrected chi connectivity index (χ4v) is 10.8. The minimum absolute atomic E-state index is 0.0944. The number of hydrogen-bond acceptors (Lipinski definition) is 8. The summed E-state index contributed by atoms with van der Waals surface area (Å²) in [4.78, 5) is 21.7. The molecular weight excluding hydrogens is 976 g/mol. The number of halogens is 5. The van der Waals surface area contributed by atoms with Gasteiger partial charge in [0.25, 0.3) is 0 Å². The zero-order chi connectivity index (χ0) is 42.6. The fraction of sp³-hybridized carbons (Fsp3) is 0.326. The first-order valence-electron chi connectivity index (χ1n) is 19.5. The Morgan fingerprint density at radius 3 is 1.72 bits per heavy atom. The predicted octanol–water partition coefficient (Wildman–Crippen LogP) is 10.4. The first kappa shape index (κ1) is 45.0. The lowest BCUT2D eigenvalue weighted by Gasteiger charge is -2.38. The molecule has 2 fully saturated rings. The average molecular weight is 1020 g/mol. The Bertz CT molecular complexity index is 2430. The SMILES string of the molecule is C[C@@H]1N=C(c2ccc(Cl)cc2)c2cc(Br)ccc2CC1=O.Cc1nnc2n1-c1ccc(Br)cc1C(c1ccc(Cl)cc1)=N[C@H]2C.O=P(Cl)(N1CCOCC1)N1CCOCC1. The molecule has 9 rings (SSSR count). The summed E-state index contributed by atoms with van der Waals surface area (Å²) < 4.78 is 30.6. The van der Waals surface area contributed by atoms with Crippen LogP contribution in [0, 0.1) is 6.92 Å². The molecule has 17 heteroatoms. The van der Waals surface area contributed by atoms with E-state index in [1.165, 1.54) is 0 Å². The number of ether oxygens (including phenoxy) is 2. The molecule has 4 aliphatic heterocycles. The van der Waals surface area contributed by atoms with Crippen molar-refractivity contribution in [3.63, 3.8) is 0 Å². The number of aliphatic imine (C=N–C) groups is 2. The third-order valence-electron chi connectivity index (χ3n) is 10.4. The zero-order valence-corrected chi connectivity index (χ0v) is 39.5. The van der Waals surface area contributed by atoms with Crippen LogP contribution in [-0.2, 0) is 25.3 Å². The largest absolute Gasteiger partial charge is 0.379 e. The van der Waals surface area contributed by atoms with Gasteiger partial charge in [0.1, 0.15) is 17.9 Å². The number of morpholine rings is 2. The van der Waals surface area contributed by atoms with Gasteiger partial charge in [-0.15, -0.1) is 10.2 Å². The Labute approximate surface area is 381 Å². The minimum Gasteiger partial charge on any atom is -0.379 e. The van der Waals surface area contributed by atoms with E-state index in [0.717, 1.165) is 65.5 Å². The van der Waals surface area contributed by atoms with E-state index < -0.39 is 6.80 Å². The van der Waals surface area contributed by atoms with Crippen molar-refractivity contribution in [3.05, 3.63) is 143 Å². The summed E-state index contributed by atoms with van der Waals surface area (Å²) in [5, 5.41) is 9.97. The molecule has 0 amide bonds. The summed E-state index contributed by atoms with van der Waals surface area (Å²) in [5.41, 5.74) is 7.88.